The highest BCUT2D eigenvalue weighted by molar-refractivity contribution is 6.35. The molecule has 0 aliphatic carbocycles. The van der Waals surface area contributed by atoms with Crippen molar-refractivity contribution in [1.29, 1.82) is 0 Å². The number of carboxylic acids is 1. The van der Waals surface area contributed by atoms with Gasteiger partial charge in [-0.2, -0.15) is 0 Å². The van der Waals surface area contributed by atoms with Crippen molar-refractivity contribution in [3.63, 3.8) is 0 Å². The zero-order valence-corrected chi connectivity index (χ0v) is 11.1. The van der Waals surface area contributed by atoms with Crippen molar-refractivity contribution in [2.24, 2.45) is 0 Å². The minimum Gasteiger partial charge on any atom is -0.478 e. The number of carboxylic acid groups (broad SMARTS) is 1. The van der Waals surface area contributed by atoms with Gasteiger partial charge in [-0.15, -0.1) is 0 Å². The van der Waals surface area contributed by atoms with E-state index in [1.807, 2.05) is 0 Å². The molecular weight excluding hydrogens is 296 g/mol. The molecular formula is C12H6Cl3NO2. The van der Waals surface area contributed by atoms with Crippen LogP contribution in [0.4, 0.5) is 0 Å². The first-order valence-electron chi connectivity index (χ1n) is 4.84. The van der Waals surface area contributed by atoms with E-state index in [-0.39, 0.29) is 10.7 Å². The van der Waals surface area contributed by atoms with Crippen molar-refractivity contribution in [3.8, 4) is 11.3 Å². The maximum atomic E-state index is 10.8. The predicted molar refractivity (Wildman–Crippen MR) is 71.7 cm³/mol. The molecule has 0 fully saturated rings. The Morgan fingerprint density at radius 2 is 1.83 bits per heavy atom. The van der Waals surface area contributed by atoms with Gasteiger partial charge in [-0.1, -0.05) is 34.8 Å². The van der Waals surface area contributed by atoms with Crippen LogP contribution in [0.25, 0.3) is 11.3 Å². The fourth-order valence-electron chi connectivity index (χ4n) is 1.44. The highest BCUT2D eigenvalue weighted by Crippen LogP contribution is 2.30. The van der Waals surface area contributed by atoms with Crippen LogP contribution in [0.3, 0.4) is 0 Å². The average Bonchev–Trinajstić information content (AvgIpc) is 2.31. The van der Waals surface area contributed by atoms with Crippen LogP contribution in [0, 0.1) is 0 Å². The van der Waals surface area contributed by atoms with Crippen LogP contribution in [0.15, 0.2) is 30.3 Å². The second kappa shape index (κ2) is 5.14. The van der Waals surface area contributed by atoms with Gasteiger partial charge in [0.25, 0.3) is 0 Å². The molecule has 0 aliphatic heterocycles. The van der Waals surface area contributed by atoms with Gasteiger partial charge in [0.15, 0.2) is 0 Å². The number of hydrogen-bond acceptors (Lipinski definition) is 2. The van der Waals surface area contributed by atoms with Gasteiger partial charge in [-0.25, -0.2) is 9.78 Å². The molecule has 2 aromatic rings. The van der Waals surface area contributed by atoms with Gasteiger partial charge < -0.3 is 5.11 Å². The summed E-state index contributed by atoms with van der Waals surface area (Å²) in [7, 11) is 0. The molecule has 0 amide bonds. The largest absolute Gasteiger partial charge is 0.478 e. The van der Waals surface area contributed by atoms with Gasteiger partial charge in [-0.05, 0) is 30.3 Å². The van der Waals surface area contributed by atoms with Gasteiger partial charge in [0.05, 0.1) is 16.3 Å². The molecule has 0 saturated carbocycles. The summed E-state index contributed by atoms with van der Waals surface area (Å²) in [6, 6.07) is 7.85. The Morgan fingerprint density at radius 1 is 1.11 bits per heavy atom. The number of benzene rings is 1. The monoisotopic (exact) mass is 301 g/mol. The summed E-state index contributed by atoms with van der Waals surface area (Å²) in [5.41, 5.74) is 1.01. The lowest BCUT2D eigenvalue weighted by Gasteiger charge is -2.06. The molecule has 18 heavy (non-hydrogen) atoms. The summed E-state index contributed by atoms with van der Waals surface area (Å²) in [4.78, 5) is 14.8. The molecule has 0 atom stereocenters. The Labute approximate surface area is 118 Å². The van der Waals surface area contributed by atoms with Gasteiger partial charge in [0.2, 0.25) is 0 Å². The summed E-state index contributed by atoms with van der Waals surface area (Å²) in [6.45, 7) is 0. The molecule has 0 radical (unpaired) electrons. The van der Waals surface area contributed by atoms with E-state index < -0.39 is 5.97 Å². The Balaban J connectivity index is 2.55. The summed E-state index contributed by atoms with van der Waals surface area (Å²) in [5, 5.41) is 9.74. The lowest BCUT2D eigenvalue weighted by Crippen LogP contribution is -1.99. The van der Waals surface area contributed by atoms with E-state index in [2.05, 4.69) is 4.98 Å². The Kier molecular flexibility index (Phi) is 3.76. The normalized spacial score (nSPS) is 10.4. The first kappa shape index (κ1) is 13.1. The van der Waals surface area contributed by atoms with Gasteiger partial charge >= 0.3 is 5.97 Å². The van der Waals surface area contributed by atoms with Crippen molar-refractivity contribution in [3.05, 3.63) is 51.1 Å². The number of pyridine rings is 1. The molecule has 0 spiro atoms. The molecule has 1 aromatic carbocycles. The van der Waals surface area contributed by atoms with Crippen LogP contribution in [-0.4, -0.2) is 16.1 Å². The van der Waals surface area contributed by atoms with Crippen LogP contribution in [0.5, 0.6) is 0 Å². The zero-order valence-electron chi connectivity index (χ0n) is 8.82. The van der Waals surface area contributed by atoms with E-state index >= 15 is 0 Å². The van der Waals surface area contributed by atoms with Crippen molar-refractivity contribution >= 4 is 40.8 Å². The highest BCUT2D eigenvalue weighted by atomic mass is 35.5. The first-order chi connectivity index (χ1) is 8.49. The zero-order chi connectivity index (χ0) is 13.3. The maximum Gasteiger partial charge on any atom is 0.338 e. The molecule has 0 unspecified atom stereocenters. The maximum absolute atomic E-state index is 10.8. The minimum atomic E-state index is -1.13. The molecule has 2 rings (SSSR count). The average molecular weight is 303 g/mol. The third kappa shape index (κ3) is 2.58. The summed E-state index contributed by atoms with van der Waals surface area (Å²) in [5.74, 6) is -1.13. The van der Waals surface area contributed by atoms with Gasteiger partial charge in [0, 0.05) is 10.6 Å². The molecule has 6 heteroatoms. The molecule has 92 valence electrons. The van der Waals surface area contributed by atoms with Crippen molar-refractivity contribution < 1.29 is 9.90 Å². The van der Waals surface area contributed by atoms with E-state index in [0.29, 0.717) is 21.3 Å². The number of hydrogen-bond donors (Lipinski definition) is 1. The molecule has 1 heterocycles. The quantitative estimate of drug-likeness (QED) is 0.836. The molecule has 0 bridgehead atoms. The van der Waals surface area contributed by atoms with Crippen LogP contribution in [0.1, 0.15) is 10.4 Å². The van der Waals surface area contributed by atoms with E-state index in [1.165, 1.54) is 12.1 Å². The van der Waals surface area contributed by atoms with E-state index in [4.69, 9.17) is 39.9 Å². The van der Waals surface area contributed by atoms with E-state index in [0.717, 1.165) is 0 Å². The number of carbonyl (C=O) groups is 1. The van der Waals surface area contributed by atoms with E-state index in [1.54, 1.807) is 18.2 Å². The summed E-state index contributed by atoms with van der Waals surface area (Å²) >= 11 is 17.7. The number of nitrogens with zero attached hydrogens (tertiary/aromatic N) is 1. The third-order valence-electron chi connectivity index (χ3n) is 2.28. The fourth-order valence-corrected chi connectivity index (χ4v) is 2.06. The smallest absolute Gasteiger partial charge is 0.338 e. The van der Waals surface area contributed by atoms with Gasteiger partial charge in [-0.3, -0.25) is 0 Å². The Hall–Kier alpha value is -1.29. The van der Waals surface area contributed by atoms with Crippen LogP contribution in [0.2, 0.25) is 15.2 Å². The van der Waals surface area contributed by atoms with Crippen molar-refractivity contribution in [2.45, 2.75) is 0 Å². The lowest BCUT2D eigenvalue weighted by atomic mass is 10.1. The van der Waals surface area contributed by atoms with Crippen LogP contribution in [-0.2, 0) is 0 Å². The first-order valence-corrected chi connectivity index (χ1v) is 5.97. The Morgan fingerprint density at radius 3 is 2.44 bits per heavy atom. The molecule has 3 nitrogen and oxygen atoms in total. The number of rotatable bonds is 2. The number of aromatic nitrogens is 1. The lowest BCUT2D eigenvalue weighted by molar-refractivity contribution is 0.0696. The Bertz CT molecular complexity index is 629. The topological polar surface area (TPSA) is 50.2 Å². The molecule has 1 N–H and O–H groups in total. The second-order valence-corrected chi connectivity index (χ2v) is 4.67. The molecule has 0 saturated heterocycles. The summed E-state index contributed by atoms with van der Waals surface area (Å²) in [6.07, 6.45) is 0. The highest BCUT2D eigenvalue weighted by Gasteiger charge is 2.13. The number of aromatic carboxylic acids is 1. The minimum absolute atomic E-state index is 0.0569. The summed E-state index contributed by atoms with van der Waals surface area (Å²) < 4.78 is 0. The fraction of sp³-hybridized carbons (Fsp3) is 0. The molecule has 0 aliphatic rings. The van der Waals surface area contributed by atoms with Crippen LogP contribution >= 0.6 is 34.8 Å². The number of halogens is 3. The van der Waals surface area contributed by atoms with Crippen LogP contribution < -0.4 is 0 Å². The predicted octanol–water partition coefficient (Wildman–Crippen LogP) is 4.41. The van der Waals surface area contributed by atoms with E-state index in [9.17, 15) is 4.79 Å². The second-order valence-electron chi connectivity index (χ2n) is 3.46. The third-order valence-corrected chi connectivity index (χ3v) is 3.14. The SMILES string of the molecule is O=C(O)c1ccc(-c2cc(Cl)ccc2Cl)nc1Cl. The van der Waals surface area contributed by atoms with Crippen molar-refractivity contribution in [2.75, 3.05) is 0 Å². The standard InChI is InChI=1S/C12H6Cl3NO2/c13-6-1-3-9(14)8(5-6)10-4-2-7(12(17)18)11(15)16-10/h1-5H,(H,17,18). The molecule has 1 aromatic heterocycles. The van der Waals surface area contributed by atoms with Gasteiger partial charge in [0.1, 0.15) is 5.15 Å². The van der Waals surface area contributed by atoms with Crippen molar-refractivity contribution in [1.82, 2.24) is 4.98 Å².